The fourth-order valence-corrected chi connectivity index (χ4v) is 2.25. The number of amides is 1. The van der Waals surface area contributed by atoms with Crippen molar-refractivity contribution in [1.29, 1.82) is 5.26 Å². The smallest absolute Gasteiger partial charge is 0.262 e. The van der Waals surface area contributed by atoms with E-state index >= 15 is 0 Å². The maximum Gasteiger partial charge on any atom is 0.262 e. The fourth-order valence-electron chi connectivity index (χ4n) is 2.25. The Labute approximate surface area is 141 Å². The van der Waals surface area contributed by atoms with E-state index < -0.39 is 0 Å². The summed E-state index contributed by atoms with van der Waals surface area (Å²) in [5, 5.41) is 11.8. The van der Waals surface area contributed by atoms with E-state index in [1.54, 1.807) is 18.2 Å². The topological polar surface area (TPSA) is 71.3 Å². The van der Waals surface area contributed by atoms with Crippen molar-refractivity contribution in [3.63, 3.8) is 0 Å². The number of nitrogens with zero attached hydrogens (tertiary/aromatic N) is 1. The molecular formula is C19H20N2O3. The molecule has 24 heavy (non-hydrogen) atoms. The van der Waals surface area contributed by atoms with Crippen LogP contribution in [0.15, 0.2) is 42.5 Å². The molecular weight excluding hydrogens is 304 g/mol. The second-order valence-electron chi connectivity index (χ2n) is 5.05. The van der Waals surface area contributed by atoms with E-state index in [4.69, 9.17) is 14.7 Å². The summed E-state index contributed by atoms with van der Waals surface area (Å²) in [6.45, 7) is 4.19. The number of anilines is 1. The van der Waals surface area contributed by atoms with Crippen molar-refractivity contribution in [2.24, 2.45) is 0 Å². The summed E-state index contributed by atoms with van der Waals surface area (Å²) in [6.07, 6.45) is 0.835. The molecule has 124 valence electrons. The highest BCUT2D eigenvalue weighted by Crippen LogP contribution is 2.28. The van der Waals surface area contributed by atoms with E-state index in [0.717, 1.165) is 17.7 Å². The largest absolute Gasteiger partial charge is 0.490 e. The molecule has 1 amide bonds. The highest BCUT2D eigenvalue weighted by molar-refractivity contribution is 5.92. The van der Waals surface area contributed by atoms with Crippen molar-refractivity contribution in [2.45, 2.75) is 20.3 Å². The Balaban J connectivity index is 2.02. The summed E-state index contributed by atoms with van der Waals surface area (Å²) in [4.78, 5) is 12.1. The summed E-state index contributed by atoms with van der Waals surface area (Å²) >= 11 is 0. The van der Waals surface area contributed by atoms with Gasteiger partial charge in [0.1, 0.15) is 0 Å². The molecule has 0 unspecified atom stereocenters. The van der Waals surface area contributed by atoms with Crippen molar-refractivity contribution in [2.75, 3.05) is 18.5 Å². The van der Waals surface area contributed by atoms with Gasteiger partial charge in [0.2, 0.25) is 0 Å². The SMILES string of the molecule is CCOc1cc(C#N)ccc1OCC(=O)Nc1ccccc1CC. The minimum Gasteiger partial charge on any atom is -0.490 e. The molecule has 0 spiro atoms. The third-order valence-electron chi connectivity index (χ3n) is 3.40. The highest BCUT2D eigenvalue weighted by Gasteiger charge is 2.10. The lowest BCUT2D eigenvalue weighted by molar-refractivity contribution is -0.118. The van der Waals surface area contributed by atoms with Gasteiger partial charge in [-0.2, -0.15) is 5.26 Å². The van der Waals surface area contributed by atoms with E-state index in [9.17, 15) is 4.79 Å². The predicted octanol–water partition coefficient (Wildman–Crippen LogP) is 3.54. The van der Waals surface area contributed by atoms with Crippen LogP contribution in [0.1, 0.15) is 25.0 Å². The third-order valence-corrected chi connectivity index (χ3v) is 3.40. The van der Waals surface area contributed by atoms with Gasteiger partial charge in [-0.3, -0.25) is 4.79 Å². The minimum atomic E-state index is -0.247. The average Bonchev–Trinajstić information content (AvgIpc) is 2.61. The van der Waals surface area contributed by atoms with Crippen LogP contribution in [0, 0.1) is 11.3 Å². The van der Waals surface area contributed by atoms with Gasteiger partial charge in [-0.25, -0.2) is 0 Å². The zero-order chi connectivity index (χ0) is 17.4. The van der Waals surface area contributed by atoms with Crippen molar-refractivity contribution in [3.8, 4) is 17.6 Å². The first kappa shape index (κ1) is 17.4. The number of carbonyl (C=O) groups is 1. The van der Waals surface area contributed by atoms with E-state index in [0.29, 0.717) is 23.7 Å². The van der Waals surface area contributed by atoms with Gasteiger partial charge >= 0.3 is 0 Å². The first-order valence-electron chi connectivity index (χ1n) is 7.85. The lowest BCUT2D eigenvalue weighted by Gasteiger charge is -2.13. The first-order valence-corrected chi connectivity index (χ1v) is 7.85. The Morgan fingerprint density at radius 3 is 2.62 bits per heavy atom. The fraction of sp³-hybridized carbons (Fsp3) is 0.263. The van der Waals surface area contributed by atoms with Crippen molar-refractivity contribution in [3.05, 3.63) is 53.6 Å². The molecule has 0 aliphatic carbocycles. The number of aryl methyl sites for hydroxylation is 1. The monoisotopic (exact) mass is 324 g/mol. The molecule has 0 atom stereocenters. The van der Waals surface area contributed by atoms with Gasteiger partial charge in [0.15, 0.2) is 18.1 Å². The van der Waals surface area contributed by atoms with E-state index in [1.165, 1.54) is 0 Å². The normalized spacial score (nSPS) is 9.88. The number of carbonyl (C=O) groups excluding carboxylic acids is 1. The van der Waals surface area contributed by atoms with Crippen LogP contribution in [0.2, 0.25) is 0 Å². The summed E-state index contributed by atoms with van der Waals surface area (Å²) in [5.74, 6) is 0.649. The maximum absolute atomic E-state index is 12.1. The second kappa shape index (κ2) is 8.59. The van der Waals surface area contributed by atoms with Crippen LogP contribution in [-0.4, -0.2) is 19.1 Å². The van der Waals surface area contributed by atoms with Crippen LogP contribution in [0.25, 0.3) is 0 Å². The molecule has 0 fully saturated rings. The van der Waals surface area contributed by atoms with Crippen molar-refractivity contribution in [1.82, 2.24) is 0 Å². The highest BCUT2D eigenvalue weighted by atomic mass is 16.5. The van der Waals surface area contributed by atoms with Crippen LogP contribution in [0.3, 0.4) is 0 Å². The predicted molar refractivity (Wildman–Crippen MR) is 92.3 cm³/mol. The molecule has 2 aromatic carbocycles. The zero-order valence-electron chi connectivity index (χ0n) is 13.8. The Hall–Kier alpha value is -3.00. The van der Waals surface area contributed by atoms with Gasteiger partial charge < -0.3 is 14.8 Å². The molecule has 0 saturated carbocycles. The van der Waals surface area contributed by atoms with Crippen molar-refractivity contribution < 1.29 is 14.3 Å². The van der Waals surface area contributed by atoms with Gasteiger partial charge in [-0.1, -0.05) is 25.1 Å². The Bertz CT molecular complexity index is 751. The molecule has 0 saturated heterocycles. The third kappa shape index (κ3) is 4.50. The number of hydrogen-bond donors (Lipinski definition) is 1. The number of para-hydroxylation sites is 1. The summed E-state index contributed by atoms with van der Waals surface area (Å²) in [6, 6.07) is 14.6. The first-order chi connectivity index (χ1) is 11.7. The summed E-state index contributed by atoms with van der Waals surface area (Å²) in [7, 11) is 0. The number of rotatable bonds is 7. The summed E-state index contributed by atoms with van der Waals surface area (Å²) < 4.78 is 11.0. The zero-order valence-corrected chi connectivity index (χ0v) is 13.8. The quantitative estimate of drug-likeness (QED) is 0.845. The molecule has 0 aromatic heterocycles. The molecule has 5 heteroatoms. The standard InChI is InChI=1S/C19H20N2O3/c1-3-15-7-5-6-8-16(15)21-19(22)13-24-17-10-9-14(12-20)11-18(17)23-4-2/h5-11H,3-4,13H2,1-2H3,(H,21,22). The number of benzene rings is 2. The number of nitrogens with one attached hydrogen (secondary N) is 1. The van der Waals surface area contributed by atoms with Gasteiger partial charge in [-0.05, 0) is 37.1 Å². The van der Waals surface area contributed by atoms with Crippen LogP contribution >= 0.6 is 0 Å². The lowest BCUT2D eigenvalue weighted by atomic mass is 10.1. The van der Waals surface area contributed by atoms with Gasteiger partial charge in [-0.15, -0.1) is 0 Å². The molecule has 0 aliphatic heterocycles. The van der Waals surface area contributed by atoms with Gasteiger partial charge in [0, 0.05) is 11.8 Å². The van der Waals surface area contributed by atoms with Gasteiger partial charge in [0.25, 0.3) is 5.91 Å². The van der Waals surface area contributed by atoms with Gasteiger partial charge in [0.05, 0.1) is 18.2 Å². The Morgan fingerprint density at radius 2 is 1.92 bits per heavy atom. The van der Waals surface area contributed by atoms with E-state index in [2.05, 4.69) is 5.32 Å². The van der Waals surface area contributed by atoms with Crippen LogP contribution in [-0.2, 0) is 11.2 Å². The maximum atomic E-state index is 12.1. The number of nitriles is 1. The lowest BCUT2D eigenvalue weighted by Crippen LogP contribution is -2.21. The van der Waals surface area contributed by atoms with Crippen molar-refractivity contribution >= 4 is 11.6 Å². The summed E-state index contributed by atoms with van der Waals surface area (Å²) in [5.41, 5.74) is 2.34. The molecule has 0 heterocycles. The molecule has 0 radical (unpaired) electrons. The average molecular weight is 324 g/mol. The van der Waals surface area contributed by atoms with Crippen LogP contribution in [0.5, 0.6) is 11.5 Å². The Kier molecular flexibility index (Phi) is 6.21. The minimum absolute atomic E-state index is 0.135. The number of ether oxygens (including phenoxy) is 2. The molecule has 2 rings (SSSR count). The van der Waals surface area contributed by atoms with Crippen LogP contribution in [0.4, 0.5) is 5.69 Å². The molecule has 2 aromatic rings. The number of hydrogen-bond acceptors (Lipinski definition) is 4. The molecule has 0 aliphatic rings. The van der Waals surface area contributed by atoms with Crippen LogP contribution < -0.4 is 14.8 Å². The van der Waals surface area contributed by atoms with E-state index in [1.807, 2.05) is 44.2 Å². The molecule has 0 bridgehead atoms. The Morgan fingerprint density at radius 1 is 1.12 bits per heavy atom. The molecule has 1 N–H and O–H groups in total. The second-order valence-corrected chi connectivity index (χ2v) is 5.05. The van der Waals surface area contributed by atoms with E-state index in [-0.39, 0.29) is 12.5 Å². The molecule has 5 nitrogen and oxygen atoms in total.